The average Bonchev–Trinajstić information content (AvgIpc) is 3.75. The van der Waals surface area contributed by atoms with E-state index >= 15 is 0 Å². The molecule has 4 heterocycles. The second-order valence-electron chi connectivity index (χ2n) is 11.6. The van der Waals surface area contributed by atoms with Crippen LogP contribution in [0.2, 0.25) is 0 Å². The highest BCUT2D eigenvalue weighted by atomic mass is 32.1. The van der Waals surface area contributed by atoms with E-state index in [1.54, 1.807) is 14.0 Å². The lowest BCUT2D eigenvalue weighted by Gasteiger charge is -2.27. The fourth-order valence-electron chi connectivity index (χ4n) is 6.40. The minimum absolute atomic E-state index is 0.0162. The van der Waals surface area contributed by atoms with Crippen molar-refractivity contribution in [1.82, 2.24) is 19.4 Å². The zero-order chi connectivity index (χ0) is 29.8. The number of thiophene rings is 1. The molecule has 0 unspecified atom stereocenters. The number of fused-ring (bicyclic) bond motifs is 2. The molecular formula is C30H34N4O7S. The number of rotatable bonds is 9. The van der Waals surface area contributed by atoms with Crippen LogP contribution in [0, 0.1) is 18.8 Å². The van der Waals surface area contributed by atoms with Crippen LogP contribution < -0.4 is 21.3 Å². The molecule has 0 amide bonds. The molecule has 2 N–H and O–H groups in total. The molecule has 0 radical (unpaired) electrons. The first kappa shape index (κ1) is 28.4. The molecule has 6 rings (SSSR count). The van der Waals surface area contributed by atoms with E-state index in [2.05, 4.69) is 10.3 Å². The van der Waals surface area contributed by atoms with Gasteiger partial charge >= 0.3 is 11.7 Å². The molecule has 11 nitrogen and oxygen atoms in total. The first-order chi connectivity index (χ1) is 20.1. The van der Waals surface area contributed by atoms with E-state index in [0.29, 0.717) is 38.7 Å². The molecule has 0 bridgehead atoms. The van der Waals surface area contributed by atoms with Crippen LogP contribution in [0.5, 0.6) is 5.75 Å². The zero-order valence-electron chi connectivity index (χ0n) is 24.0. The van der Waals surface area contributed by atoms with Crippen molar-refractivity contribution in [3.8, 4) is 16.5 Å². The molecule has 2 fully saturated rings. The summed E-state index contributed by atoms with van der Waals surface area (Å²) < 4.78 is 20.3. The maximum absolute atomic E-state index is 14.2. The van der Waals surface area contributed by atoms with Crippen molar-refractivity contribution in [2.75, 3.05) is 20.2 Å². The van der Waals surface area contributed by atoms with E-state index in [1.807, 2.05) is 24.3 Å². The van der Waals surface area contributed by atoms with E-state index < -0.39 is 28.9 Å². The molecule has 12 heteroatoms. The van der Waals surface area contributed by atoms with Crippen LogP contribution in [0.1, 0.15) is 43.9 Å². The summed E-state index contributed by atoms with van der Waals surface area (Å²) in [6.07, 6.45) is 4.14. The monoisotopic (exact) mass is 594 g/mol. The van der Waals surface area contributed by atoms with E-state index in [9.17, 15) is 19.5 Å². The van der Waals surface area contributed by atoms with Crippen LogP contribution in [-0.2, 0) is 21.6 Å². The highest BCUT2D eigenvalue weighted by Crippen LogP contribution is 2.41. The first-order valence-corrected chi connectivity index (χ1v) is 14.8. The van der Waals surface area contributed by atoms with Gasteiger partial charge in [-0.3, -0.25) is 9.36 Å². The summed E-state index contributed by atoms with van der Waals surface area (Å²) in [6.45, 7) is 6.44. The number of carbonyl (C=O) groups is 1. The van der Waals surface area contributed by atoms with Crippen molar-refractivity contribution in [3.63, 3.8) is 0 Å². The number of hydrogen-bond acceptors (Lipinski definition) is 9. The molecular weight excluding hydrogens is 560 g/mol. The smallest absolute Gasteiger partial charge is 0.333 e. The Morgan fingerprint density at radius 1 is 1.24 bits per heavy atom. The van der Waals surface area contributed by atoms with Gasteiger partial charge in [0.15, 0.2) is 0 Å². The fraction of sp³-hybridized carbons (Fsp3) is 0.467. The Hall–Kier alpha value is -3.74. The zero-order valence-corrected chi connectivity index (χ0v) is 24.8. The topological polar surface area (TPSA) is 138 Å². The normalized spacial score (nSPS) is 21.1. The lowest BCUT2D eigenvalue weighted by atomic mass is 10.0. The minimum atomic E-state index is -1.81. The van der Waals surface area contributed by atoms with Crippen LogP contribution in [0.4, 0.5) is 0 Å². The number of carboxylic acid groups (broad SMARTS) is 1. The lowest BCUT2D eigenvalue weighted by molar-refractivity contribution is -0.146. The molecule has 42 heavy (non-hydrogen) atoms. The molecule has 0 spiro atoms. The molecule has 1 saturated carbocycles. The molecule has 4 aromatic rings. The Bertz CT molecular complexity index is 1740. The van der Waals surface area contributed by atoms with Gasteiger partial charge in [0.05, 0.1) is 36.2 Å². The van der Waals surface area contributed by atoms with E-state index in [0.717, 1.165) is 36.1 Å². The molecule has 1 saturated heterocycles. The summed E-state index contributed by atoms with van der Waals surface area (Å²) in [5, 5.41) is 13.8. The van der Waals surface area contributed by atoms with Gasteiger partial charge in [0.2, 0.25) is 5.89 Å². The lowest BCUT2D eigenvalue weighted by Crippen LogP contribution is -2.52. The Labute approximate surface area is 245 Å². The Morgan fingerprint density at radius 3 is 2.60 bits per heavy atom. The van der Waals surface area contributed by atoms with Gasteiger partial charge < -0.3 is 24.3 Å². The second kappa shape index (κ2) is 10.8. The maximum Gasteiger partial charge on any atom is 0.333 e. The fourth-order valence-corrected chi connectivity index (χ4v) is 7.64. The highest BCUT2D eigenvalue weighted by molar-refractivity contribution is 7.22. The van der Waals surface area contributed by atoms with Gasteiger partial charge in [-0.25, -0.2) is 19.1 Å². The van der Waals surface area contributed by atoms with Crippen molar-refractivity contribution < 1.29 is 23.8 Å². The van der Waals surface area contributed by atoms with Crippen molar-refractivity contribution in [3.05, 3.63) is 68.7 Å². The van der Waals surface area contributed by atoms with Gasteiger partial charge in [-0.15, -0.1) is 11.3 Å². The number of hydrogen-bond donors (Lipinski definition) is 2. The largest absolute Gasteiger partial charge is 0.496 e. The van der Waals surface area contributed by atoms with Crippen LogP contribution in [0.15, 0.2) is 50.7 Å². The third-order valence-electron chi connectivity index (χ3n) is 8.72. The summed E-state index contributed by atoms with van der Waals surface area (Å²) in [5.74, 6) is 0.735. The van der Waals surface area contributed by atoms with Crippen molar-refractivity contribution in [2.45, 2.75) is 57.9 Å². The number of benzene rings is 1. The minimum Gasteiger partial charge on any atom is -0.496 e. The number of nitrogens with one attached hydrogen (secondary N) is 1. The van der Waals surface area contributed by atoms with Crippen LogP contribution >= 0.6 is 11.3 Å². The second-order valence-corrected chi connectivity index (χ2v) is 12.6. The standard InChI is InChI=1S/C30H34N4O7S/c1-16-23-26(35)34(30(2,3)28(36)37)29(38)33(27(23)42-24(16)25-32-9-10-40-25)15-22(20-7-5-6-8-21(20)39-4)41-19-11-17-13-31-14-18(17)12-19/h5-10,17-19,22,31H,11-15H2,1-4H3,(H,36,37)/t17-,18+,19-,22-/m1/s1. The molecule has 2 aliphatic rings. The van der Waals surface area contributed by atoms with Gasteiger partial charge in [0.1, 0.15) is 28.5 Å². The highest BCUT2D eigenvalue weighted by Gasteiger charge is 2.40. The van der Waals surface area contributed by atoms with Crippen molar-refractivity contribution >= 4 is 27.5 Å². The number of methoxy groups -OCH3 is 1. The summed E-state index contributed by atoms with van der Waals surface area (Å²) >= 11 is 1.22. The van der Waals surface area contributed by atoms with Crippen LogP contribution in [0.25, 0.3) is 21.0 Å². The Kier molecular flexibility index (Phi) is 7.32. The summed E-state index contributed by atoms with van der Waals surface area (Å²) in [7, 11) is 1.59. The van der Waals surface area contributed by atoms with Crippen LogP contribution in [-0.4, -0.2) is 51.5 Å². The number of aliphatic carboxylic acids is 1. The third kappa shape index (κ3) is 4.67. The summed E-state index contributed by atoms with van der Waals surface area (Å²) in [5.41, 5.74) is -1.87. The van der Waals surface area contributed by atoms with Gasteiger partial charge in [0.25, 0.3) is 5.56 Å². The van der Waals surface area contributed by atoms with Gasteiger partial charge in [-0.1, -0.05) is 18.2 Å². The maximum atomic E-state index is 14.2. The molecule has 1 aromatic carbocycles. The van der Waals surface area contributed by atoms with Crippen molar-refractivity contribution in [1.29, 1.82) is 0 Å². The van der Waals surface area contributed by atoms with E-state index in [4.69, 9.17) is 13.9 Å². The first-order valence-electron chi connectivity index (χ1n) is 14.0. The van der Waals surface area contributed by atoms with Gasteiger partial charge in [-0.2, -0.15) is 0 Å². The number of nitrogens with zero attached hydrogens (tertiary/aromatic N) is 3. The van der Waals surface area contributed by atoms with E-state index in [1.165, 1.54) is 42.2 Å². The Balaban J connectivity index is 1.54. The predicted molar refractivity (Wildman–Crippen MR) is 157 cm³/mol. The van der Waals surface area contributed by atoms with Gasteiger partial charge in [-0.05, 0) is 70.2 Å². The quantitative estimate of drug-likeness (QED) is 0.297. The third-order valence-corrected chi connectivity index (χ3v) is 10.0. The van der Waals surface area contributed by atoms with Crippen LogP contribution in [0.3, 0.4) is 0 Å². The molecule has 4 atom stereocenters. The summed E-state index contributed by atoms with van der Waals surface area (Å²) in [6, 6.07) is 7.53. The number of oxazole rings is 1. The number of aryl methyl sites for hydroxylation is 1. The number of ether oxygens (including phenoxy) is 2. The van der Waals surface area contributed by atoms with Crippen molar-refractivity contribution in [2.24, 2.45) is 11.8 Å². The number of carboxylic acids is 1. The predicted octanol–water partition coefficient (Wildman–Crippen LogP) is 3.77. The van der Waals surface area contributed by atoms with E-state index in [-0.39, 0.29) is 18.0 Å². The SMILES string of the molecule is COc1ccccc1[C@@H](Cn1c(=O)n(C(C)(C)C(=O)O)c(=O)c2c(C)c(-c3ncco3)sc21)O[C@H]1C[C@H]2CNC[C@H]2C1. The molecule has 1 aliphatic heterocycles. The average molecular weight is 595 g/mol. The number of para-hydroxylation sites is 1. The summed E-state index contributed by atoms with van der Waals surface area (Å²) in [4.78, 5) is 45.7. The molecule has 222 valence electrons. The molecule has 3 aromatic heterocycles. The number of aromatic nitrogens is 3. The molecule has 1 aliphatic carbocycles. The van der Waals surface area contributed by atoms with Gasteiger partial charge in [0, 0.05) is 5.56 Å². The Morgan fingerprint density at radius 2 is 1.95 bits per heavy atom.